The summed E-state index contributed by atoms with van der Waals surface area (Å²) in [4.78, 5) is 15.2. The van der Waals surface area contributed by atoms with E-state index in [1.807, 2.05) is 0 Å². The highest BCUT2D eigenvalue weighted by atomic mass is 16.3. The van der Waals surface area contributed by atoms with E-state index in [4.69, 9.17) is 5.11 Å². The average molecular weight is 208 g/mol. The van der Waals surface area contributed by atoms with Gasteiger partial charge in [-0.15, -0.1) is 0 Å². The van der Waals surface area contributed by atoms with Crippen molar-refractivity contribution >= 4 is 5.91 Å². The molecule has 4 nitrogen and oxygen atoms in total. The fraction of sp³-hybridized carbons (Fsp3) is 0.455. The molecule has 0 fully saturated rings. The first kappa shape index (κ1) is 11.5. The predicted octanol–water partition coefficient (Wildman–Crippen LogP) is 1.71. The molecule has 0 atom stereocenters. The minimum Gasteiger partial charge on any atom is -0.506 e. The number of carbonyl (C=O) groups excluding carboxylic acids is 1. The molecule has 0 aliphatic heterocycles. The van der Waals surface area contributed by atoms with Crippen LogP contribution in [0.4, 0.5) is 0 Å². The van der Waals surface area contributed by atoms with E-state index in [9.17, 15) is 4.79 Å². The van der Waals surface area contributed by atoms with Crippen LogP contribution in [-0.4, -0.2) is 22.5 Å². The van der Waals surface area contributed by atoms with Gasteiger partial charge >= 0.3 is 0 Å². The number of rotatable bonds is 5. The van der Waals surface area contributed by atoms with E-state index in [0.29, 0.717) is 12.1 Å². The monoisotopic (exact) mass is 208 g/mol. The van der Waals surface area contributed by atoms with Crippen molar-refractivity contribution in [2.45, 2.75) is 26.2 Å². The Balaban J connectivity index is 2.40. The summed E-state index contributed by atoms with van der Waals surface area (Å²) < 4.78 is 0. The Morgan fingerprint density at radius 1 is 1.47 bits per heavy atom. The number of nitrogens with one attached hydrogen (secondary N) is 1. The Kier molecular flexibility index (Phi) is 4.60. The van der Waals surface area contributed by atoms with Gasteiger partial charge in [0.15, 0.2) is 0 Å². The van der Waals surface area contributed by atoms with E-state index in [2.05, 4.69) is 17.2 Å². The topological polar surface area (TPSA) is 62.2 Å². The molecule has 0 spiro atoms. The van der Waals surface area contributed by atoms with Crippen molar-refractivity contribution in [1.29, 1.82) is 0 Å². The van der Waals surface area contributed by atoms with Gasteiger partial charge < -0.3 is 10.4 Å². The lowest BCUT2D eigenvalue weighted by atomic mass is 10.2. The number of carbonyl (C=O) groups is 1. The van der Waals surface area contributed by atoms with Crippen LogP contribution in [0.25, 0.3) is 0 Å². The number of amides is 1. The average Bonchev–Trinajstić information content (AvgIpc) is 2.24. The summed E-state index contributed by atoms with van der Waals surface area (Å²) in [5, 5.41) is 11.9. The standard InChI is InChI=1S/C11H16N2O2/c1-2-3-4-5-13-11(15)9-6-10(14)8-12-7-9/h6-8,14H,2-5H2,1H3,(H,13,15). The van der Waals surface area contributed by atoms with Gasteiger partial charge in [-0.3, -0.25) is 9.78 Å². The van der Waals surface area contributed by atoms with Crippen LogP contribution >= 0.6 is 0 Å². The van der Waals surface area contributed by atoms with Crippen molar-refractivity contribution in [2.75, 3.05) is 6.54 Å². The molecule has 0 aliphatic carbocycles. The van der Waals surface area contributed by atoms with Crippen molar-refractivity contribution in [3.63, 3.8) is 0 Å². The Hall–Kier alpha value is -1.58. The van der Waals surface area contributed by atoms with E-state index in [1.165, 1.54) is 18.5 Å². The molecule has 15 heavy (non-hydrogen) atoms. The molecule has 1 amide bonds. The van der Waals surface area contributed by atoms with Gasteiger partial charge in [-0.2, -0.15) is 0 Å². The maximum absolute atomic E-state index is 11.5. The number of unbranched alkanes of at least 4 members (excludes halogenated alkanes) is 2. The number of aromatic hydroxyl groups is 1. The fourth-order valence-electron chi connectivity index (χ4n) is 1.23. The molecule has 2 N–H and O–H groups in total. The van der Waals surface area contributed by atoms with Crippen LogP contribution in [0.15, 0.2) is 18.5 Å². The number of aromatic nitrogens is 1. The van der Waals surface area contributed by atoms with Crippen molar-refractivity contribution in [3.05, 3.63) is 24.0 Å². The lowest BCUT2D eigenvalue weighted by Crippen LogP contribution is -2.24. The van der Waals surface area contributed by atoms with Crippen LogP contribution in [0.3, 0.4) is 0 Å². The van der Waals surface area contributed by atoms with Gasteiger partial charge in [-0.1, -0.05) is 19.8 Å². The highest BCUT2D eigenvalue weighted by Crippen LogP contribution is 2.07. The first-order chi connectivity index (χ1) is 7.24. The Labute approximate surface area is 89.3 Å². The molecule has 82 valence electrons. The molecular formula is C11H16N2O2. The third-order valence-electron chi connectivity index (χ3n) is 2.05. The number of pyridine rings is 1. The molecule has 0 radical (unpaired) electrons. The van der Waals surface area contributed by atoms with Gasteiger partial charge in [0.2, 0.25) is 0 Å². The molecular weight excluding hydrogens is 192 g/mol. The largest absolute Gasteiger partial charge is 0.506 e. The molecule has 1 heterocycles. The van der Waals surface area contributed by atoms with E-state index < -0.39 is 0 Å². The van der Waals surface area contributed by atoms with E-state index >= 15 is 0 Å². The van der Waals surface area contributed by atoms with E-state index in [0.717, 1.165) is 19.3 Å². The summed E-state index contributed by atoms with van der Waals surface area (Å²) in [6, 6.07) is 1.40. The molecule has 4 heteroatoms. The Bertz CT molecular complexity index is 326. The van der Waals surface area contributed by atoms with Crippen molar-refractivity contribution in [3.8, 4) is 5.75 Å². The lowest BCUT2D eigenvalue weighted by Gasteiger charge is -2.04. The molecule has 0 saturated heterocycles. The van der Waals surface area contributed by atoms with Gasteiger partial charge in [0.05, 0.1) is 11.8 Å². The summed E-state index contributed by atoms with van der Waals surface area (Å²) in [5.41, 5.74) is 0.395. The molecule has 1 rings (SSSR count). The van der Waals surface area contributed by atoms with Crippen molar-refractivity contribution in [2.24, 2.45) is 0 Å². The summed E-state index contributed by atoms with van der Waals surface area (Å²) in [5.74, 6) is -0.175. The van der Waals surface area contributed by atoms with Crippen LogP contribution < -0.4 is 5.32 Å². The first-order valence-electron chi connectivity index (χ1n) is 5.16. The predicted molar refractivity (Wildman–Crippen MR) is 57.8 cm³/mol. The third kappa shape index (κ3) is 3.97. The molecule has 1 aromatic heterocycles. The van der Waals surface area contributed by atoms with Crippen LogP contribution in [-0.2, 0) is 0 Å². The van der Waals surface area contributed by atoms with Gasteiger partial charge in [-0.05, 0) is 12.5 Å². The molecule has 0 unspecified atom stereocenters. The van der Waals surface area contributed by atoms with Crippen molar-refractivity contribution in [1.82, 2.24) is 10.3 Å². The SMILES string of the molecule is CCCCCNC(=O)c1cncc(O)c1. The summed E-state index contributed by atoms with van der Waals surface area (Å²) in [6.07, 6.45) is 5.96. The molecule has 0 saturated carbocycles. The van der Waals surface area contributed by atoms with Crippen LogP contribution in [0, 0.1) is 0 Å². The van der Waals surface area contributed by atoms with Gasteiger partial charge in [0.1, 0.15) is 5.75 Å². The number of hydrogen-bond acceptors (Lipinski definition) is 3. The Morgan fingerprint density at radius 3 is 2.93 bits per heavy atom. The maximum atomic E-state index is 11.5. The smallest absolute Gasteiger partial charge is 0.252 e. The molecule has 1 aromatic rings. The Morgan fingerprint density at radius 2 is 2.27 bits per heavy atom. The van der Waals surface area contributed by atoms with E-state index in [1.54, 1.807) is 0 Å². The normalized spacial score (nSPS) is 9.93. The number of nitrogens with zero attached hydrogens (tertiary/aromatic N) is 1. The first-order valence-corrected chi connectivity index (χ1v) is 5.16. The molecule has 0 bridgehead atoms. The second kappa shape index (κ2) is 6.01. The number of hydrogen-bond donors (Lipinski definition) is 2. The van der Waals surface area contributed by atoms with Gasteiger partial charge in [-0.25, -0.2) is 0 Å². The highest BCUT2D eigenvalue weighted by Gasteiger charge is 2.05. The summed E-state index contributed by atoms with van der Waals surface area (Å²) in [7, 11) is 0. The van der Waals surface area contributed by atoms with Crippen LogP contribution in [0.5, 0.6) is 5.75 Å². The molecule has 0 aliphatic rings. The minimum atomic E-state index is -0.186. The third-order valence-corrected chi connectivity index (χ3v) is 2.05. The minimum absolute atomic E-state index is 0.0104. The highest BCUT2D eigenvalue weighted by molar-refractivity contribution is 5.94. The van der Waals surface area contributed by atoms with Crippen molar-refractivity contribution < 1.29 is 9.90 Å². The second-order valence-electron chi connectivity index (χ2n) is 3.39. The fourth-order valence-corrected chi connectivity index (χ4v) is 1.23. The zero-order valence-electron chi connectivity index (χ0n) is 8.86. The summed E-state index contributed by atoms with van der Waals surface area (Å²) in [6.45, 7) is 2.78. The lowest BCUT2D eigenvalue weighted by molar-refractivity contribution is 0.0952. The second-order valence-corrected chi connectivity index (χ2v) is 3.39. The summed E-state index contributed by atoms with van der Waals surface area (Å²) >= 11 is 0. The van der Waals surface area contributed by atoms with Gasteiger partial charge in [0.25, 0.3) is 5.91 Å². The van der Waals surface area contributed by atoms with Crippen LogP contribution in [0.2, 0.25) is 0 Å². The van der Waals surface area contributed by atoms with E-state index in [-0.39, 0.29) is 11.7 Å². The maximum Gasteiger partial charge on any atom is 0.252 e. The quantitative estimate of drug-likeness (QED) is 0.724. The van der Waals surface area contributed by atoms with Crippen LogP contribution in [0.1, 0.15) is 36.5 Å². The zero-order chi connectivity index (χ0) is 11.1. The van der Waals surface area contributed by atoms with Gasteiger partial charge in [0, 0.05) is 12.7 Å². The zero-order valence-corrected chi connectivity index (χ0v) is 8.86. The molecule has 0 aromatic carbocycles.